The number of amides is 1. The Balaban J connectivity index is 0.00000147. The van der Waals surface area contributed by atoms with Crippen molar-refractivity contribution >= 4 is 29.9 Å². The summed E-state index contributed by atoms with van der Waals surface area (Å²) in [5.41, 5.74) is 7.01. The van der Waals surface area contributed by atoms with Gasteiger partial charge in [0.25, 0.3) is 0 Å². The number of halogens is 2. The fourth-order valence-electron chi connectivity index (χ4n) is 3.43. The smallest absolute Gasteiger partial charge is 0.227 e. The molecule has 1 aliphatic carbocycles. The number of benzene rings is 1. The standard InChI is InChI=1S/C15H19ClN2O.ClH/c16-13-4-2-1-3-10(13)7-15(19)18-8-11-5-6-14(17)12(11)9-18;/h1-4,11-12,14H,5-9,17H2;1H. The van der Waals surface area contributed by atoms with Gasteiger partial charge in [0.1, 0.15) is 0 Å². The number of rotatable bonds is 2. The van der Waals surface area contributed by atoms with E-state index in [1.54, 1.807) is 0 Å². The lowest BCUT2D eigenvalue weighted by molar-refractivity contribution is -0.129. The Kier molecular flexibility index (Phi) is 4.95. The van der Waals surface area contributed by atoms with Gasteiger partial charge < -0.3 is 10.6 Å². The lowest BCUT2D eigenvalue weighted by Crippen LogP contribution is -2.34. The number of carbonyl (C=O) groups excluding carboxylic acids is 1. The van der Waals surface area contributed by atoms with Gasteiger partial charge in [0.2, 0.25) is 5.91 Å². The van der Waals surface area contributed by atoms with Crippen LogP contribution in [0.5, 0.6) is 0 Å². The molecule has 1 heterocycles. The van der Waals surface area contributed by atoms with Crippen LogP contribution in [0, 0.1) is 11.8 Å². The third-order valence-electron chi connectivity index (χ3n) is 4.56. The van der Waals surface area contributed by atoms with Gasteiger partial charge in [-0.05, 0) is 36.3 Å². The van der Waals surface area contributed by atoms with E-state index in [4.69, 9.17) is 17.3 Å². The molecule has 1 saturated heterocycles. The number of nitrogens with two attached hydrogens (primary N) is 1. The lowest BCUT2D eigenvalue weighted by atomic mass is 9.98. The van der Waals surface area contributed by atoms with E-state index in [2.05, 4.69) is 0 Å². The zero-order chi connectivity index (χ0) is 13.4. The largest absolute Gasteiger partial charge is 0.342 e. The molecule has 1 aliphatic heterocycles. The molecule has 3 atom stereocenters. The van der Waals surface area contributed by atoms with E-state index >= 15 is 0 Å². The first-order valence-corrected chi connectivity index (χ1v) is 7.29. The number of nitrogens with zero attached hydrogens (tertiary/aromatic N) is 1. The van der Waals surface area contributed by atoms with Crippen molar-refractivity contribution in [1.82, 2.24) is 4.90 Å². The van der Waals surface area contributed by atoms with Crippen molar-refractivity contribution in [2.24, 2.45) is 17.6 Å². The van der Waals surface area contributed by atoms with E-state index in [0.717, 1.165) is 25.1 Å². The van der Waals surface area contributed by atoms with Gasteiger partial charge in [0.15, 0.2) is 0 Å². The van der Waals surface area contributed by atoms with Gasteiger partial charge in [-0.15, -0.1) is 12.4 Å². The molecule has 2 fully saturated rings. The quantitative estimate of drug-likeness (QED) is 0.911. The molecule has 3 nitrogen and oxygen atoms in total. The highest BCUT2D eigenvalue weighted by molar-refractivity contribution is 6.31. The van der Waals surface area contributed by atoms with Crippen LogP contribution in [0.2, 0.25) is 5.02 Å². The zero-order valence-corrected chi connectivity index (χ0v) is 12.9. The second kappa shape index (κ2) is 6.33. The van der Waals surface area contributed by atoms with Crippen LogP contribution in [0.25, 0.3) is 0 Å². The lowest BCUT2D eigenvalue weighted by Gasteiger charge is -2.19. The van der Waals surface area contributed by atoms with Crippen molar-refractivity contribution in [1.29, 1.82) is 0 Å². The van der Waals surface area contributed by atoms with Gasteiger partial charge in [-0.25, -0.2) is 0 Å². The summed E-state index contributed by atoms with van der Waals surface area (Å²) in [6, 6.07) is 7.84. The van der Waals surface area contributed by atoms with Gasteiger partial charge >= 0.3 is 0 Å². The molecule has 1 saturated carbocycles. The summed E-state index contributed by atoms with van der Waals surface area (Å²) in [4.78, 5) is 14.3. The maximum absolute atomic E-state index is 12.3. The molecular formula is C15H20Cl2N2O. The summed E-state index contributed by atoms with van der Waals surface area (Å²) in [6.45, 7) is 1.71. The molecule has 20 heavy (non-hydrogen) atoms. The van der Waals surface area contributed by atoms with E-state index in [1.807, 2.05) is 29.2 Å². The van der Waals surface area contributed by atoms with Crippen molar-refractivity contribution in [3.8, 4) is 0 Å². The topological polar surface area (TPSA) is 46.3 Å². The summed E-state index contributed by atoms with van der Waals surface area (Å²) < 4.78 is 0. The molecule has 0 bridgehead atoms. The highest BCUT2D eigenvalue weighted by atomic mass is 35.5. The van der Waals surface area contributed by atoms with E-state index in [9.17, 15) is 4.79 Å². The van der Waals surface area contributed by atoms with Crippen molar-refractivity contribution < 1.29 is 4.79 Å². The molecule has 0 spiro atoms. The van der Waals surface area contributed by atoms with Crippen molar-refractivity contribution in [2.75, 3.05) is 13.1 Å². The molecule has 5 heteroatoms. The normalized spacial score (nSPS) is 28.1. The first-order valence-electron chi connectivity index (χ1n) is 6.92. The average Bonchev–Trinajstić information content (AvgIpc) is 2.95. The van der Waals surface area contributed by atoms with Gasteiger partial charge in [-0.2, -0.15) is 0 Å². The first-order chi connectivity index (χ1) is 9.15. The highest BCUT2D eigenvalue weighted by Crippen LogP contribution is 2.37. The van der Waals surface area contributed by atoms with Crippen molar-refractivity contribution in [2.45, 2.75) is 25.3 Å². The molecule has 2 aliphatic rings. The Morgan fingerprint density at radius 2 is 2.05 bits per heavy atom. The maximum Gasteiger partial charge on any atom is 0.227 e. The van der Waals surface area contributed by atoms with E-state index in [-0.39, 0.29) is 24.4 Å². The van der Waals surface area contributed by atoms with Crippen LogP contribution in [-0.2, 0) is 11.2 Å². The Morgan fingerprint density at radius 1 is 1.30 bits per heavy atom. The molecule has 3 rings (SSSR count). The molecule has 1 aromatic rings. The van der Waals surface area contributed by atoms with E-state index in [0.29, 0.717) is 23.3 Å². The maximum atomic E-state index is 12.3. The average molecular weight is 315 g/mol. The number of hydrogen-bond donors (Lipinski definition) is 1. The third-order valence-corrected chi connectivity index (χ3v) is 4.93. The number of fused-ring (bicyclic) bond motifs is 1. The van der Waals surface area contributed by atoms with Gasteiger partial charge in [-0.1, -0.05) is 29.8 Å². The van der Waals surface area contributed by atoms with E-state index in [1.165, 1.54) is 6.42 Å². The fourth-order valence-corrected chi connectivity index (χ4v) is 3.63. The summed E-state index contributed by atoms with van der Waals surface area (Å²) in [5.74, 6) is 1.30. The monoisotopic (exact) mass is 314 g/mol. The Bertz CT molecular complexity index is 495. The van der Waals surface area contributed by atoms with Crippen LogP contribution >= 0.6 is 24.0 Å². The molecule has 3 unspecified atom stereocenters. The summed E-state index contributed by atoms with van der Waals surface area (Å²) in [5, 5.41) is 0.673. The minimum Gasteiger partial charge on any atom is -0.342 e. The molecule has 110 valence electrons. The second-order valence-electron chi connectivity index (χ2n) is 5.73. The van der Waals surface area contributed by atoms with Gasteiger partial charge in [0.05, 0.1) is 6.42 Å². The molecule has 2 N–H and O–H groups in total. The van der Waals surface area contributed by atoms with Crippen LogP contribution < -0.4 is 5.73 Å². The Labute approximate surface area is 130 Å². The summed E-state index contributed by atoms with van der Waals surface area (Å²) in [7, 11) is 0. The molecule has 1 amide bonds. The highest BCUT2D eigenvalue weighted by Gasteiger charge is 2.42. The van der Waals surface area contributed by atoms with E-state index < -0.39 is 0 Å². The van der Waals surface area contributed by atoms with Crippen molar-refractivity contribution in [3.05, 3.63) is 34.9 Å². The number of hydrogen-bond acceptors (Lipinski definition) is 2. The minimum absolute atomic E-state index is 0. The summed E-state index contributed by atoms with van der Waals surface area (Å²) in [6.07, 6.45) is 2.68. The first kappa shape index (κ1) is 15.6. The predicted octanol–water partition coefficient (Wildman–Crippen LogP) is 2.50. The SMILES string of the molecule is Cl.NC1CCC2CN(C(=O)Cc3ccccc3Cl)CC12. The van der Waals surface area contributed by atoms with Crippen LogP contribution in [-0.4, -0.2) is 29.9 Å². The third kappa shape index (κ3) is 2.95. The number of likely N-dealkylation sites (tertiary alicyclic amines) is 1. The van der Waals surface area contributed by atoms with Crippen molar-refractivity contribution in [3.63, 3.8) is 0 Å². The predicted molar refractivity (Wildman–Crippen MR) is 83.2 cm³/mol. The number of carbonyl (C=O) groups is 1. The molecule has 0 aromatic heterocycles. The van der Waals surface area contributed by atoms with Gasteiger partial charge in [0, 0.05) is 24.2 Å². The Morgan fingerprint density at radius 3 is 2.75 bits per heavy atom. The van der Waals surface area contributed by atoms with Crippen LogP contribution in [0.15, 0.2) is 24.3 Å². The zero-order valence-electron chi connectivity index (χ0n) is 11.3. The van der Waals surface area contributed by atoms with Gasteiger partial charge in [-0.3, -0.25) is 4.79 Å². The van der Waals surface area contributed by atoms with Crippen LogP contribution in [0.4, 0.5) is 0 Å². The molecule has 1 aromatic carbocycles. The van der Waals surface area contributed by atoms with Crippen LogP contribution in [0.1, 0.15) is 18.4 Å². The minimum atomic E-state index is 0. The molecule has 0 radical (unpaired) electrons. The fraction of sp³-hybridized carbons (Fsp3) is 0.533. The summed E-state index contributed by atoms with van der Waals surface area (Å²) >= 11 is 6.10. The molecular weight excluding hydrogens is 295 g/mol. The van der Waals surface area contributed by atoms with Crippen LogP contribution in [0.3, 0.4) is 0 Å². The second-order valence-corrected chi connectivity index (χ2v) is 6.14. The Hall–Kier alpha value is -0.770.